The van der Waals surface area contributed by atoms with Crippen LogP contribution in [-0.4, -0.2) is 31.2 Å². The zero-order valence-electron chi connectivity index (χ0n) is 23.5. The summed E-state index contributed by atoms with van der Waals surface area (Å²) in [7, 11) is 1.67. The molecule has 0 aliphatic carbocycles. The van der Waals surface area contributed by atoms with E-state index in [-0.39, 0.29) is 6.04 Å². The number of methoxy groups -OCH3 is 1. The number of hydrogen-bond donors (Lipinski definition) is 2. The van der Waals surface area contributed by atoms with Crippen molar-refractivity contribution >= 4 is 55.6 Å². The van der Waals surface area contributed by atoms with Crippen molar-refractivity contribution in [2.75, 3.05) is 20.2 Å². The Hall–Kier alpha value is -3.58. The fourth-order valence-corrected chi connectivity index (χ4v) is 5.62. The van der Waals surface area contributed by atoms with E-state index in [4.69, 9.17) is 21.3 Å². The lowest BCUT2D eigenvalue weighted by Crippen LogP contribution is -2.28. The van der Waals surface area contributed by atoms with Crippen molar-refractivity contribution in [3.05, 3.63) is 83.4 Å². The number of nitrogens with zero attached hydrogens (tertiary/aromatic N) is 3. The minimum Gasteiger partial charge on any atom is -0.494 e. The number of benzene rings is 4. The predicted octanol–water partition coefficient (Wildman–Crippen LogP) is 9.05. The molecule has 0 bridgehead atoms. The fourth-order valence-electron chi connectivity index (χ4n) is 5.44. The Bertz CT molecular complexity index is 1660. The molecule has 0 aliphatic heterocycles. The molecule has 5 rings (SSSR count). The Balaban J connectivity index is 1.65. The summed E-state index contributed by atoms with van der Waals surface area (Å²) in [6.45, 7) is 8.33. The Labute approximate surface area is 240 Å². The zero-order valence-corrected chi connectivity index (χ0v) is 24.3. The van der Waals surface area contributed by atoms with Gasteiger partial charge in [0.05, 0.1) is 23.8 Å². The van der Waals surface area contributed by atoms with Crippen LogP contribution in [0.3, 0.4) is 0 Å². The van der Waals surface area contributed by atoms with Crippen molar-refractivity contribution in [3.63, 3.8) is 0 Å². The van der Waals surface area contributed by atoms with Gasteiger partial charge in [-0.25, -0.2) is 4.98 Å². The molecule has 0 fully saturated rings. The normalized spacial score (nSPS) is 13.4. The van der Waals surface area contributed by atoms with Crippen molar-refractivity contribution in [2.24, 2.45) is 10.2 Å². The summed E-state index contributed by atoms with van der Waals surface area (Å²) in [5.74, 6) is 0.650. The molecule has 7 heteroatoms. The van der Waals surface area contributed by atoms with E-state index in [1.165, 1.54) is 5.56 Å². The average Bonchev–Trinajstić information content (AvgIpc) is 2.97. The fraction of sp³-hybridized carbons (Fsp3) is 0.303. The maximum absolute atomic E-state index is 6.51. The molecule has 1 heterocycles. The van der Waals surface area contributed by atoms with E-state index in [9.17, 15) is 0 Å². The Morgan fingerprint density at radius 1 is 0.800 bits per heavy atom. The number of halogens is 1. The molecule has 206 valence electrons. The molecule has 4 aromatic carbocycles. The van der Waals surface area contributed by atoms with Crippen LogP contribution >= 0.6 is 11.6 Å². The molecule has 5 aromatic rings. The number of ether oxygens (including phenoxy) is 1. The van der Waals surface area contributed by atoms with Crippen molar-refractivity contribution in [1.29, 1.82) is 0 Å². The second-order valence-corrected chi connectivity index (χ2v) is 10.5. The highest BCUT2D eigenvalue weighted by molar-refractivity contribution is 6.31. The van der Waals surface area contributed by atoms with Crippen molar-refractivity contribution in [3.8, 4) is 5.75 Å². The van der Waals surface area contributed by atoms with Gasteiger partial charge < -0.3 is 15.4 Å². The lowest BCUT2D eigenvalue weighted by Gasteiger charge is -2.24. The SMILES string of the molecule is CCNC(C)CCC(NCC)c1c2cc(Cl)ccc2nc2cc(N=Nc3cccc4ccccc34)c(OC)cc12. The van der Waals surface area contributed by atoms with Crippen molar-refractivity contribution in [1.82, 2.24) is 15.6 Å². The third-order valence-corrected chi connectivity index (χ3v) is 7.58. The molecule has 40 heavy (non-hydrogen) atoms. The van der Waals surface area contributed by atoms with Gasteiger partial charge in [-0.15, -0.1) is 10.2 Å². The maximum Gasteiger partial charge on any atom is 0.147 e. The van der Waals surface area contributed by atoms with Crippen LogP contribution in [0.15, 0.2) is 83.0 Å². The van der Waals surface area contributed by atoms with Gasteiger partial charge in [-0.05, 0) is 80.2 Å². The van der Waals surface area contributed by atoms with Gasteiger partial charge in [0, 0.05) is 33.3 Å². The molecule has 2 atom stereocenters. The van der Waals surface area contributed by atoms with Crippen molar-refractivity contribution < 1.29 is 4.74 Å². The maximum atomic E-state index is 6.51. The molecule has 0 aliphatic rings. The Kier molecular flexibility index (Phi) is 8.90. The van der Waals surface area contributed by atoms with Crippen LogP contribution in [0.25, 0.3) is 32.6 Å². The third-order valence-electron chi connectivity index (χ3n) is 7.35. The first-order valence-corrected chi connectivity index (χ1v) is 14.4. The van der Waals surface area contributed by atoms with Gasteiger partial charge >= 0.3 is 0 Å². The summed E-state index contributed by atoms with van der Waals surface area (Å²) in [6.07, 6.45) is 2.00. The van der Waals surface area contributed by atoms with Gasteiger partial charge in [0.2, 0.25) is 0 Å². The van der Waals surface area contributed by atoms with E-state index in [2.05, 4.69) is 59.8 Å². The van der Waals surface area contributed by atoms with Crippen LogP contribution < -0.4 is 15.4 Å². The second-order valence-electron chi connectivity index (χ2n) is 10.1. The summed E-state index contributed by atoms with van der Waals surface area (Å²) in [5, 5.41) is 21.5. The number of fused-ring (bicyclic) bond motifs is 3. The molecule has 2 N–H and O–H groups in total. The second kappa shape index (κ2) is 12.7. The van der Waals surface area contributed by atoms with Crippen LogP contribution in [0.4, 0.5) is 11.4 Å². The highest BCUT2D eigenvalue weighted by Crippen LogP contribution is 2.40. The number of nitrogens with one attached hydrogen (secondary N) is 2. The van der Waals surface area contributed by atoms with E-state index in [1.807, 2.05) is 54.6 Å². The molecule has 0 amide bonds. The van der Waals surface area contributed by atoms with E-state index in [1.54, 1.807) is 7.11 Å². The molecular weight excluding hydrogens is 518 g/mol. The van der Waals surface area contributed by atoms with Crippen LogP contribution in [0.2, 0.25) is 5.02 Å². The van der Waals surface area contributed by atoms with E-state index in [0.29, 0.717) is 22.5 Å². The minimum atomic E-state index is 0.116. The molecule has 1 aromatic heterocycles. The number of rotatable bonds is 11. The summed E-state index contributed by atoms with van der Waals surface area (Å²) in [5.41, 5.74) is 4.38. The van der Waals surface area contributed by atoms with Crippen LogP contribution in [0, 0.1) is 0 Å². The number of hydrogen-bond acceptors (Lipinski definition) is 6. The molecule has 2 unspecified atom stereocenters. The highest BCUT2D eigenvalue weighted by Gasteiger charge is 2.21. The van der Waals surface area contributed by atoms with Gasteiger partial charge in [0.25, 0.3) is 0 Å². The van der Waals surface area contributed by atoms with Gasteiger partial charge in [-0.1, -0.05) is 61.8 Å². The lowest BCUT2D eigenvalue weighted by atomic mass is 9.92. The summed E-state index contributed by atoms with van der Waals surface area (Å²) in [4.78, 5) is 5.03. The molecule has 0 spiro atoms. The van der Waals surface area contributed by atoms with Gasteiger partial charge in [-0.3, -0.25) is 0 Å². The predicted molar refractivity (Wildman–Crippen MR) is 168 cm³/mol. The van der Waals surface area contributed by atoms with E-state index in [0.717, 1.165) is 64.2 Å². The zero-order chi connectivity index (χ0) is 28.1. The molecule has 0 saturated carbocycles. The first-order chi connectivity index (χ1) is 19.5. The quantitative estimate of drug-likeness (QED) is 0.126. The standard InChI is InChI=1S/C33H36ClN5O/c1-5-35-21(3)14-16-29(36-6-2)33-25-18-23(34)15-17-27(25)37-30-20-31(32(40-4)19-26(30)33)39-38-28-13-9-11-22-10-7-8-12-24(22)28/h7-13,15,17-21,29,35-36H,5-6,14,16H2,1-4H3. The third kappa shape index (κ3) is 5.94. The highest BCUT2D eigenvalue weighted by atomic mass is 35.5. The summed E-state index contributed by atoms with van der Waals surface area (Å²) < 4.78 is 5.85. The first kappa shape index (κ1) is 28.0. The average molecular weight is 554 g/mol. The van der Waals surface area contributed by atoms with Gasteiger partial charge in [-0.2, -0.15) is 0 Å². The lowest BCUT2D eigenvalue weighted by molar-refractivity contribution is 0.416. The summed E-state index contributed by atoms with van der Waals surface area (Å²) >= 11 is 6.51. The van der Waals surface area contributed by atoms with E-state index >= 15 is 0 Å². The van der Waals surface area contributed by atoms with Crippen LogP contribution in [0.5, 0.6) is 5.75 Å². The smallest absolute Gasteiger partial charge is 0.147 e. The van der Waals surface area contributed by atoms with Gasteiger partial charge in [0.1, 0.15) is 11.4 Å². The summed E-state index contributed by atoms with van der Waals surface area (Å²) in [6, 6.07) is 24.7. The van der Waals surface area contributed by atoms with Crippen LogP contribution in [-0.2, 0) is 0 Å². The van der Waals surface area contributed by atoms with Crippen molar-refractivity contribution in [2.45, 2.75) is 45.7 Å². The monoisotopic (exact) mass is 553 g/mol. The Morgan fingerprint density at radius 2 is 1.55 bits per heavy atom. The van der Waals surface area contributed by atoms with Crippen LogP contribution in [0.1, 0.15) is 45.2 Å². The molecule has 6 nitrogen and oxygen atoms in total. The molecule has 0 saturated heterocycles. The number of azo groups is 1. The number of aromatic nitrogens is 1. The number of pyridine rings is 1. The first-order valence-electron chi connectivity index (χ1n) is 14.0. The topological polar surface area (TPSA) is 70.9 Å². The Morgan fingerprint density at radius 3 is 2.35 bits per heavy atom. The van der Waals surface area contributed by atoms with E-state index < -0.39 is 0 Å². The minimum absolute atomic E-state index is 0.116. The molecule has 0 radical (unpaired) electrons. The largest absolute Gasteiger partial charge is 0.494 e. The molecular formula is C33H36ClN5O. The van der Waals surface area contributed by atoms with Gasteiger partial charge in [0.15, 0.2) is 0 Å².